The lowest BCUT2D eigenvalue weighted by Crippen LogP contribution is -2.43. The van der Waals surface area contributed by atoms with E-state index in [1.54, 1.807) is 7.11 Å². The van der Waals surface area contributed by atoms with E-state index in [4.69, 9.17) is 4.74 Å². The molecule has 9 heteroatoms. The highest BCUT2D eigenvalue weighted by molar-refractivity contribution is 5.94. The van der Waals surface area contributed by atoms with E-state index < -0.39 is 41.6 Å². The third-order valence-electron chi connectivity index (χ3n) is 4.12. The van der Waals surface area contributed by atoms with Gasteiger partial charge in [-0.15, -0.1) is 0 Å². The number of urea groups is 1. The van der Waals surface area contributed by atoms with Crippen LogP contribution in [0.25, 0.3) is 0 Å². The van der Waals surface area contributed by atoms with Crippen molar-refractivity contribution < 1.29 is 27.5 Å². The Balaban J connectivity index is 1.72. The number of benzene rings is 2. The molecule has 6 nitrogen and oxygen atoms in total. The molecule has 0 aromatic heterocycles. The normalized spacial score (nSPS) is 11.5. The Bertz CT molecular complexity index is 860. The monoisotopic (exact) mass is 409 g/mol. The molecule has 1 unspecified atom stereocenters. The Morgan fingerprint density at radius 2 is 1.72 bits per heavy atom. The van der Waals surface area contributed by atoms with E-state index in [9.17, 15) is 22.8 Å². The van der Waals surface area contributed by atoms with E-state index in [1.807, 2.05) is 31.2 Å². The molecule has 0 fully saturated rings. The highest BCUT2D eigenvalue weighted by Crippen LogP contribution is 2.19. The smallest absolute Gasteiger partial charge is 0.315 e. The summed E-state index contributed by atoms with van der Waals surface area (Å²) in [6.07, 6.45) is 1.41. The number of aryl methyl sites for hydroxylation is 1. The summed E-state index contributed by atoms with van der Waals surface area (Å²) in [5, 5.41) is 7.07. The Hall–Kier alpha value is -3.23. The van der Waals surface area contributed by atoms with Gasteiger partial charge in [0.15, 0.2) is 17.5 Å². The van der Waals surface area contributed by atoms with E-state index in [2.05, 4.69) is 16.0 Å². The standard InChI is InChI=1S/C20H22F3N3O3/c1-12(3-4-13-5-7-14(29-2)8-6-13)25-20(28)24-11-17(27)26-16-10-9-15(21)18(22)19(16)23/h5-10,12H,3-4,11H2,1-2H3,(H,26,27)(H2,24,25,28). The second-order valence-corrected chi connectivity index (χ2v) is 6.39. The van der Waals surface area contributed by atoms with Crippen LogP contribution in [-0.2, 0) is 11.2 Å². The summed E-state index contributed by atoms with van der Waals surface area (Å²) in [6, 6.07) is 8.44. The second-order valence-electron chi connectivity index (χ2n) is 6.39. The molecule has 29 heavy (non-hydrogen) atoms. The molecule has 2 rings (SSSR count). The fourth-order valence-electron chi connectivity index (χ4n) is 2.50. The number of methoxy groups -OCH3 is 1. The predicted octanol–water partition coefficient (Wildman–Crippen LogP) is 3.37. The topological polar surface area (TPSA) is 79.5 Å². The minimum absolute atomic E-state index is 0.163. The maximum atomic E-state index is 13.5. The minimum atomic E-state index is -1.68. The number of hydrogen-bond donors (Lipinski definition) is 3. The van der Waals surface area contributed by atoms with Gasteiger partial charge in [0.05, 0.1) is 19.3 Å². The Morgan fingerprint density at radius 1 is 1.03 bits per heavy atom. The number of carbonyl (C=O) groups is 2. The second kappa shape index (κ2) is 10.4. The first kappa shape index (κ1) is 22.1. The average molecular weight is 409 g/mol. The highest BCUT2D eigenvalue weighted by Gasteiger charge is 2.16. The Labute approximate surface area is 166 Å². The molecule has 0 spiro atoms. The Morgan fingerprint density at radius 3 is 2.38 bits per heavy atom. The SMILES string of the molecule is COc1ccc(CCC(C)NC(=O)NCC(=O)Nc2ccc(F)c(F)c2F)cc1. The van der Waals surface area contributed by atoms with Gasteiger partial charge >= 0.3 is 6.03 Å². The van der Waals surface area contributed by atoms with Crippen LogP contribution in [0.1, 0.15) is 18.9 Å². The van der Waals surface area contributed by atoms with Crippen molar-refractivity contribution in [1.29, 1.82) is 0 Å². The molecule has 1 atom stereocenters. The molecule has 2 aromatic carbocycles. The third-order valence-corrected chi connectivity index (χ3v) is 4.12. The summed E-state index contributed by atoms with van der Waals surface area (Å²) in [4.78, 5) is 23.6. The van der Waals surface area contributed by atoms with Gasteiger partial charge in [0.25, 0.3) is 0 Å². The number of ether oxygens (including phenoxy) is 1. The first-order valence-corrected chi connectivity index (χ1v) is 8.90. The van der Waals surface area contributed by atoms with Crippen LogP contribution in [0.15, 0.2) is 36.4 Å². The average Bonchev–Trinajstić information content (AvgIpc) is 2.71. The summed E-state index contributed by atoms with van der Waals surface area (Å²) < 4.78 is 44.6. The van der Waals surface area contributed by atoms with Gasteiger partial charge < -0.3 is 20.7 Å². The first-order chi connectivity index (χ1) is 13.8. The molecule has 0 saturated carbocycles. The van der Waals surface area contributed by atoms with Crippen LogP contribution in [0.4, 0.5) is 23.7 Å². The number of halogens is 3. The number of anilines is 1. The fourth-order valence-corrected chi connectivity index (χ4v) is 2.50. The number of carbonyl (C=O) groups excluding carboxylic acids is 2. The van der Waals surface area contributed by atoms with E-state index in [1.165, 1.54) is 0 Å². The van der Waals surface area contributed by atoms with Crippen molar-refractivity contribution >= 4 is 17.6 Å². The summed E-state index contributed by atoms with van der Waals surface area (Å²) in [5.74, 6) is -4.56. The van der Waals surface area contributed by atoms with Gasteiger partial charge in [0, 0.05) is 6.04 Å². The summed E-state index contributed by atoms with van der Waals surface area (Å²) in [7, 11) is 1.59. The van der Waals surface area contributed by atoms with Crippen LogP contribution >= 0.6 is 0 Å². The molecule has 0 heterocycles. The maximum absolute atomic E-state index is 13.5. The predicted molar refractivity (Wildman–Crippen MR) is 102 cm³/mol. The molecule has 0 bridgehead atoms. The molecular weight excluding hydrogens is 387 g/mol. The van der Waals surface area contributed by atoms with Crippen LogP contribution in [0.3, 0.4) is 0 Å². The van der Waals surface area contributed by atoms with Crippen LogP contribution in [0.2, 0.25) is 0 Å². The van der Waals surface area contributed by atoms with Gasteiger partial charge in [-0.3, -0.25) is 4.79 Å². The van der Waals surface area contributed by atoms with Crippen molar-refractivity contribution in [3.8, 4) is 5.75 Å². The summed E-state index contributed by atoms with van der Waals surface area (Å²) in [5.41, 5.74) is 0.580. The molecule has 0 aliphatic rings. The lowest BCUT2D eigenvalue weighted by atomic mass is 10.1. The number of rotatable bonds is 8. The molecule has 0 aliphatic carbocycles. The fraction of sp³-hybridized carbons (Fsp3) is 0.300. The lowest BCUT2D eigenvalue weighted by molar-refractivity contribution is -0.115. The summed E-state index contributed by atoms with van der Waals surface area (Å²) in [6.45, 7) is 1.36. The zero-order valence-corrected chi connectivity index (χ0v) is 16.0. The zero-order chi connectivity index (χ0) is 21.4. The van der Waals surface area contributed by atoms with E-state index in [0.29, 0.717) is 12.5 Å². The maximum Gasteiger partial charge on any atom is 0.315 e. The molecule has 2 aromatic rings. The molecule has 156 valence electrons. The zero-order valence-electron chi connectivity index (χ0n) is 16.0. The summed E-state index contributed by atoms with van der Waals surface area (Å²) >= 11 is 0. The number of amides is 3. The van der Waals surface area contributed by atoms with Crippen molar-refractivity contribution in [1.82, 2.24) is 10.6 Å². The minimum Gasteiger partial charge on any atom is -0.497 e. The quantitative estimate of drug-likeness (QED) is 0.585. The van der Waals surface area contributed by atoms with Crippen molar-refractivity contribution in [3.05, 3.63) is 59.4 Å². The molecule has 0 radical (unpaired) electrons. The van der Waals surface area contributed by atoms with Gasteiger partial charge in [-0.05, 0) is 49.6 Å². The van der Waals surface area contributed by atoms with Crippen LogP contribution in [-0.4, -0.2) is 31.6 Å². The molecule has 3 N–H and O–H groups in total. The van der Waals surface area contributed by atoms with Gasteiger partial charge in [0.2, 0.25) is 5.91 Å². The van der Waals surface area contributed by atoms with Crippen LogP contribution < -0.4 is 20.7 Å². The van der Waals surface area contributed by atoms with Gasteiger partial charge in [-0.1, -0.05) is 12.1 Å². The third kappa shape index (κ3) is 6.70. The van der Waals surface area contributed by atoms with Gasteiger partial charge in [-0.25, -0.2) is 18.0 Å². The van der Waals surface area contributed by atoms with Crippen molar-refractivity contribution in [2.45, 2.75) is 25.8 Å². The molecular formula is C20H22F3N3O3. The van der Waals surface area contributed by atoms with Crippen molar-refractivity contribution in [2.24, 2.45) is 0 Å². The first-order valence-electron chi connectivity index (χ1n) is 8.90. The number of hydrogen-bond acceptors (Lipinski definition) is 3. The largest absolute Gasteiger partial charge is 0.497 e. The number of nitrogens with one attached hydrogen (secondary N) is 3. The van der Waals surface area contributed by atoms with Gasteiger partial charge in [-0.2, -0.15) is 0 Å². The van der Waals surface area contributed by atoms with E-state index in [-0.39, 0.29) is 6.04 Å². The Kier molecular flexibility index (Phi) is 7.88. The van der Waals surface area contributed by atoms with Gasteiger partial charge in [0.1, 0.15) is 5.75 Å². The lowest BCUT2D eigenvalue weighted by Gasteiger charge is -2.15. The highest BCUT2D eigenvalue weighted by atomic mass is 19.2. The van der Waals surface area contributed by atoms with Crippen LogP contribution in [0.5, 0.6) is 5.75 Å². The molecule has 0 saturated heterocycles. The van der Waals surface area contributed by atoms with E-state index in [0.717, 1.165) is 23.8 Å². The molecule has 3 amide bonds. The van der Waals surface area contributed by atoms with Crippen LogP contribution in [0, 0.1) is 17.5 Å². The van der Waals surface area contributed by atoms with Crippen molar-refractivity contribution in [2.75, 3.05) is 19.0 Å². The van der Waals surface area contributed by atoms with Crippen molar-refractivity contribution in [3.63, 3.8) is 0 Å². The molecule has 0 aliphatic heterocycles. The van der Waals surface area contributed by atoms with E-state index >= 15 is 0 Å².